The zero-order valence-electron chi connectivity index (χ0n) is 9.55. The third-order valence-electron chi connectivity index (χ3n) is 2.21. The van der Waals surface area contributed by atoms with E-state index in [0.29, 0.717) is 17.5 Å². The second-order valence-corrected chi connectivity index (χ2v) is 3.89. The summed E-state index contributed by atoms with van der Waals surface area (Å²) in [6.07, 6.45) is 3.54. The number of nitrogens with zero attached hydrogens (tertiary/aromatic N) is 5. The predicted octanol–water partition coefficient (Wildman–Crippen LogP) is 0.978. The van der Waals surface area contributed by atoms with Gasteiger partial charge in [-0.25, -0.2) is 9.97 Å². The van der Waals surface area contributed by atoms with E-state index >= 15 is 0 Å². The van der Waals surface area contributed by atoms with Gasteiger partial charge in [0.05, 0.1) is 0 Å². The molecule has 0 aliphatic rings. The molecule has 0 unspecified atom stereocenters. The predicted molar refractivity (Wildman–Crippen MR) is 60.5 cm³/mol. The highest BCUT2D eigenvalue weighted by Crippen LogP contribution is 2.16. The summed E-state index contributed by atoms with van der Waals surface area (Å²) in [6, 6.07) is 0. The van der Waals surface area contributed by atoms with Crippen LogP contribution in [0.4, 0.5) is 5.95 Å². The van der Waals surface area contributed by atoms with E-state index in [1.807, 2.05) is 31.7 Å². The number of hydrogen-bond acceptors (Lipinski definition) is 5. The molecule has 0 saturated heterocycles. The van der Waals surface area contributed by atoms with E-state index < -0.39 is 0 Å². The summed E-state index contributed by atoms with van der Waals surface area (Å²) in [5, 5.41) is 0. The number of aryl methyl sites for hydroxylation is 1. The van der Waals surface area contributed by atoms with Gasteiger partial charge in [-0.1, -0.05) is 13.8 Å². The van der Waals surface area contributed by atoms with Crippen molar-refractivity contribution >= 4 is 5.95 Å². The molecule has 0 aliphatic carbocycles. The second-order valence-electron chi connectivity index (χ2n) is 3.89. The van der Waals surface area contributed by atoms with E-state index in [9.17, 15) is 0 Å². The lowest BCUT2D eigenvalue weighted by Gasteiger charge is -2.06. The van der Waals surface area contributed by atoms with Gasteiger partial charge in [-0.3, -0.25) is 0 Å². The first-order valence-corrected chi connectivity index (χ1v) is 5.07. The minimum Gasteiger partial charge on any atom is -0.368 e. The normalized spacial score (nSPS) is 11.0. The minimum absolute atomic E-state index is 0.212. The summed E-state index contributed by atoms with van der Waals surface area (Å²) in [7, 11) is 1.89. The maximum absolute atomic E-state index is 5.65. The standard InChI is InChI=1S/C10H14N6/c1-6(2)7-13-8(15-10(11)14-7)9-12-4-5-16(9)3/h4-6H,1-3H3,(H2,11,13,14,15). The minimum atomic E-state index is 0.212. The Morgan fingerprint density at radius 3 is 2.56 bits per heavy atom. The van der Waals surface area contributed by atoms with Crippen molar-refractivity contribution in [2.75, 3.05) is 5.73 Å². The fourth-order valence-electron chi connectivity index (χ4n) is 1.35. The van der Waals surface area contributed by atoms with Crippen LogP contribution in [-0.2, 0) is 7.05 Å². The van der Waals surface area contributed by atoms with Crippen LogP contribution in [0, 0.1) is 0 Å². The lowest BCUT2D eigenvalue weighted by molar-refractivity contribution is 0.761. The average Bonchev–Trinajstić information content (AvgIpc) is 2.63. The Morgan fingerprint density at radius 2 is 2.00 bits per heavy atom. The SMILES string of the molecule is CC(C)c1nc(N)nc(-c2nccn2C)n1. The number of rotatable bonds is 2. The highest BCUT2D eigenvalue weighted by atomic mass is 15.1. The molecule has 0 aliphatic heterocycles. The summed E-state index contributed by atoms with van der Waals surface area (Å²) in [5.74, 6) is 2.34. The Labute approximate surface area is 93.6 Å². The van der Waals surface area contributed by atoms with Gasteiger partial charge in [0.25, 0.3) is 0 Å². The zero-order valence-corrected chi connectivity index (χ0v) is 9.55. The Kier molecular flexibility index (Phi) is 2.55. The Bertz CT molecular complexity index is 502. The van der Waals surface area contributed by atoms with Crippen molar-refractivity contribution in [3.8, 4) is 11.6 Å². The maximum atomic E-state index is 5.65. The van der Waals surface area contributed by atoms with Gasteiger partial charge >= 0.3 is 0 Å². The quantitative estimate of drug-likeness (QED) is 0.812. The fourth-order valence-corrected chi connectivity index (χ4v) is 1.35. The fraction of sp³-hybridized carbons (Fsp3) is 0.400. The van der Waals surface area contributed by atoms with Crippen molar-refractivity contribution in [1.29, 1.82) is 0 Å². The van der Waals surface area contributed by atoms with E-state index in [1.54, 1.807) is 6.20 Å². The van der Waals surface area contributed by atoms with Gasteiger partial charge in [0.1, 0.15) is 5.82 Å². The Balaban J connectivity index is 2.54. The van der Waals surface area contributed by atoms with Crippen LogP contribution in [0.2, 0.25) is 0 Å². The van der Waals surface area contributed by atoms with E-state index in [4.69, 9.17) is 5.73 Å². The summed E-state index contributed by atoms with van der Waals surface area (Å²) < 4.78 is 1.85. The molecule has 0 radical (unpaired) electrons. The molecule has 0 spiro atoms. The summed E-state index contributed by atoms with van der Waals surface area (Å²) in [4.78, 5) is 16.7. The molecule has 2 aromatic rings. The average molecular weight is 218 g/mol. The van der Waals surface area contributed by atoms with Gasteiger partial charge in [-0.05, 0) is 0 Å². The monoisotopic (exact) mass is 218 g/mol. The number of anilines is 1. The molecule has 0 bridgehead atoms. The van der Waals surface area contributed by atoms with E-state index in [0.717, 1.165) is 0 Å². The topological polar surface area (TPSA) is 82.5 Å². The summed E-state index contributed by atoms with van der Waals surface area (Å²) in [5.41, 5.74) is 5.65. The number of aromatic nitrogens is 5. The maximum Gasteiger partial charge on any atom is 0.223 e. The van der Waals surface area contributed by atoms with Crippen LogP contribution in [0.3, 0.4) is 0 Å². The van der Waals surface area contributed by atoms with Crippen LogP contribution >= 0.6 is 0 Å². The van der Waals surface area contributed by atoms with Gasteiger partial charge in [0.15, 0.2) is 5.82 Å². The lowest BCUT2D eigenvalue weighted by Crippen LogP contribution is -2.08. The Hall–Kier alpha value is -1.98. The van der Waals surface area contributed by atoms with Crippen molar-refractivity contribution in [3.05, 3.63) is 18.2 Å². The zero-order chi connectivity index (χ0) is 11.7. The van der Waals surface area contributed by atoms with Crippen LogP contribution in [0.5, 0.6) is 0 Å². The molecule has 0 aromatic carbocycles. The van der Waals surface area contributed by atoms with Gasteiger partial charge in [0, 0.05) is 25.4 Å². The number of imidazole rings is 1. The summed E-state index contributed by atoms with van der Waals surface area (Å²) in [6.45, 7) is 4.02. The molecule has 0 amide bonds. The molecule has 6 heteroatoms. The van der Waals surface area contributed by atoms with Crippen LogP contribution in [0.1, 0.15) is 25.6 Å². The van der Waals surface area contributed by atoms with Crippen molar-refractivity contribution in [3.63, 3.8) is 0 Å². The van der Waals surface area contributed by atoms with Crippen LogP contribution in [0.25, 0.3) is 11.6 Å². The third kappa shape index (κ3) is 1.86. The van der Waals surface area contributed by atoms with Crippen LogP contribution in [-0.4, -0.2) is 24.5 Å². The molecule has 0 saturated carbocycles. The van der Waals surface area contributed by atoms with Crippen molar-refractivity contribution in [1.82, 2.24) is 24.5 Å². The first-order valence-electron chi connectivity index (χ1n) is 5.07. The van der Waals surface area contributed by atoms with Crippen LogP contribution < -0.4 is 5.73 Å². The largest absolute Gasteiger partial charge is 0.368 e. The smallest absolute Gasteiger partial charge is 0.223 e. The molecule has 16 heavy (non-hydrogen) atoms. The van der Waals surface area contributed by atoms with Crippen LogP contribution in [0.15, 0.2) is 12.4 Å². The number of hydrogen-bond donors (Lipinski definition) is 1. The molecule has 2 heterocycles. The third-order valence-corrected chi connectivity index (χ3v) is 2.21. The van der Waals surface area contributed by atoms with Gasteiger partial charge in [0.2, 0.25) is 11.8 Å². The first-order chi connectivity index (χ1) is 7.58. The molecule has 2 rings (SSSR count). The molecule has 84 valence electrons. The molecular weight excluding hydrogens is 204 g/mol. The van der Waals surface area contributed by atoms with Gasteiger partial charge in [-0.2, -0.15) is 9.97 Å². The number of nitrogen functional groups attached to an aromatic ring is 1. The molecule has 2 aromatic heterocycles. The molecule has 0 atom stereocenters. The number of nitrogens with two attached hydrogens (primary N) is 1. The molecular formula is C10H14N6. The van der Waals surface area contributed by atoms with Gasteiger partial charge < -0.3 is 10.3 Å². The van der Waals surface area contributed by atoms with E-state index in [2.05, 4.69) is 19.9 Å². The van der Waals surface area contributed by atoms with Crippen molar-refractivity contribution < 1.29 is 0 Å². The Morgan fingerprint density at radius 1 is 1.25 bits per heavy atom. The summed E-state index contributed by atoms with van der Waals surface area (Å²) >= 11 is 0. The second kappa shape index (κ2) is 3.88. The molecule has 0 fully saturated rings. The first kappa shape index (κ1) is 10.5. The van der Waals surface area contributed by atoms with Gasteiger partial charge in [-0.15, -0.1) is 0 Å². The lowest BCUT2D eigenvalue weighted by atomic mass is 10.2. The molecule has 2 N–H and O–H groups in total. The van der Waals surface area contributed by atoms with E-state index in [1.165, 1.54) is 0 Å². The molecule has 6 nitrogen and oxygen atoms in total. The van der Waals surface area contributed by atoms with Crippen molar-refractivity contribution in [2.45, 2.75) is 19.8 Å². The highest BCUT2D eigenvalue weighted by molar-refractivity contribution is 5.45. The highest BCUT2D eigenvalue weighted by Gasteiger charge is 2.12. The van der Waals surface area contributed by atoms with E-state index in [-0.39, 0.29) is 11.9 Å². The van der Waals surface area contributed by atoms with Crippen molar-refractivity contribution in [2.24, 2.45) is 7.05 Å².